The van der Waals surface area contributed by atoms with E-state index in [1.54, 1.807) is 0 Å². The maximum Gasteiger partial charge on any atom is 0.127 e. The van der Waals surface area contributed by atoms with Crippen LogP contribution in [0.5, 0.6) is 5.75 Å². The summed E-state index contributed by atoms with van der Waals surface area (Å²) in [5.41, 5.74) is 3.82. The summed E-state index contributed by atoms with van der Waals surface area (Å²) >= 11 is 0. The SMILES string of the molecule is CC(C)c1ccc(OC2CC2)c(-c2ccccc2)c1. The van der Waals surface area contributed by atoms with Crippen LogP contribution in [0.15, 0.2) is 48.5 Å². The van der Waals surface area contributed by atoms with Crippen LogP contribution >= 0.6 is 0 Å². The van der Waals surface area contributed by atoms with Gasteiger partial charge in [0.1, 0.15) is 5.75 Å². The third-order valence-corrected chi connectivity index (χ3v) is 3.57. The molecule has 98 valence electrons. The first-order chi connectivity index (χ1) is 9.24. The van der Waals surface area contributed by atoms with E-state index in [1.807, 2.05) is 0 Å². The Morgan fingerprint density at radius 1 is 1.00 bits per heavy atom. The molecule has 0 aliphatic heterocycles. The molecule has 0 aromatic heterocycles. The molecule has 1 heteroatoms. The lowest BCUT2D eigenvalue weighted by molar-refractivity contribution is 0.304. The van der Waals surface area contributed by atoms with Crippen molar-refractivity contribution in [1.82, 2.24) is 0 Å². The fraction of sp³-hybridized carbons (Fsp3) is 0.333. The van der Waals surface area contributed by atoms with Gasteiger partial charge in [-0.05, 0) is 42.0 Å². The van der Waals surface area contributed by atoms with Crippen molar-refractivity contribution in [2.24, 2.45) is 0 Å². The first-order valence-electron chi connectivity index (χ1n) is 7.10. The van der Waals surface area contributed by atoms with Gasteiger partial charge in [-0.15, -0.1) is 0 Å². The van der Waals surface area contributed by atoms with Crippen molar-refractivity contribution in [2.45, 2.75) is 38.7 Å². The molecule has 3 rings (SSSR count). The second kappa shape index (κ2) is 5.08. The molecule has 0 atom stereocenters. The third-order valence-electron chi connectivity index (χ3n) is 3.57. The Bertz CT molecular complexity index is 553. The Labute approximate surface area is 115 Å². The Morgan fingerprint density at radius 3 is 2.37 bits per heavy atom. The van der Waals surface area contributed by atoms with Crippen LogP contribution in [0, 0.1) is 0 Å². The molecule has 0 unspecified atom stereocenters. The lowest BCUT2D eigenvalue weighted by Crippen LogP contribution is -1.99. The predicted octanol–water partition coefficient (Wildman–Crippen LogP) is 5.02. The van der Waals surface area contributed by atoms with Gasteiger partial charge in [-0.1, -0.05) is 50.2 Å². The number of ether oxygens (including phenoxy) is 1. The summed E-state index contributed by atoms with van der Waals surface area (Å²) in [6.45, 7) is 4.46. The van der Waals surface area contributed by atoms with Gasteiger partial charge >= 0.3 is 0 Å². The average Bonchev–Trinajstić information content (AvgIpc) is 3.24. The van der Waals surface area contributed by atoms with Crippen LogP contribution in [0.1, 0.15) is 38.2 Å². The van der Waals surface area contributed by atoms with Crippen LogP contribution in [0.3, 0.4) is 0 Å². The third kappa shape index (κ3) is 2.81. The average molecular weight is 252 g/mol. The number of hydrogen-bond acceptors (Lipinski definition) is 1. The quantitative estimate of drug-likeness (QED) is 0.742. The highest BCUT2D eigenvalue weighted by molar-refractivity contribution is 5.71. The highest BCUT2D eigenvalue weighted by Crippen LogP contribution is 2.36. The van der Waals surface area contributed by atoms with Crippen molar-refractivity contribution in [2.75, 3.05) is 0 Å². The van der Waals surface area contributed by atoms with Gasteiger partial charge in [-0.3, -0.25) is 0 Å². The van der Waals surface area contributed by atoms with Gasteiger partial charge in [-0.2, -0.15) is 0 Å². The Hall–Kier alpha value is -1.76. The molecular weight excluding hydrogens is 232 g/mol. The lowest BCUT2D eigenvalue weighted by atomic mass is 9.96. The topological polar surface area (TPSA) is 9.23 Å². The van der Waals surface area contributed by atoms with E-state index < -0.39 is 0 Å². The minimum atomic E-state index is 0.437. The van der Waals surface area contributed by atoms with E-state index in [-0.39, 0.29) is 0 Å². The molecule has 0 saturated heterocycles. The molecule has 0 spiro atoms. The zero-order chi connectivity index (χ0) is 13.2. The summed E-state index contributed by atoms with van der Waals surface area (Å²) < 4.78 is 6.05. The minimum absolute atomic E-state index is 0.437. The summed E-state index contributed by atoms with van der Waals surface area (Å²) in [6, 6.07) is 17.1. The zero-order valence-corrected chi connectivity index (χ0v) is 11.6. The Balaban J connectivity index is 2.03. The molecule has 19 heavy (non-hydrogen) atoms. The molecule has 2 aromatic carbocycles. The molecule has 1 aliphatic rings. The number of benzene rings is 2. The van der Waals surface area contributed by atoms with Gasteiger partial charge in [-0.25, -0.2) is 0 Å². The number of rotatable bonds is 4. The van der Waals surface area contributed by atoms with Gasteiger partial charge in [0.15, 0.2) is 0 Å². The van der Waals surface area contributed by atoms with Crippen LogP contribution < -0.4 is 4.74 Å². The molecule has 0 heterocycles. The van der Waals surface area contributed by atoms with Crippen molar-refractivity contribution in [1.29, 1.82) is 0 Å². The van der Waals surface area contributed by atoms with E-state index in [2.05, 4.69) is 62.4 Å². The zero-order valence-electron chi connectivity index (χ0n) is 11.6. The predicted molar refractivity (Wildman–Crippen MR) is 79.6 cm³/mol. The lowest BCUT2D eigenvalue weighted by Gasteiger charge is -2.14. The summed E-state index contributed by atoms with van der Waals surface area (Å²) in [4.78, 5) is 0. The van der Waals surface area contributed by atoms with Crippen LogP contribution in [0.4, 0.5) is 0 Å². The first-order valence-corrected chi connectivity index (χ1v) is 7.10. The molecular formula is C18H20O. The molecule has 2 aromatic rings. The fourth-order valence-electron chi connectivity index (χ4n) is 2.22. The normalized spacial score (nSPS) is 14.7. The molecule has 1 aliphatic carbocycles. The highest BCUT2D eigenvalue weighted by Gasteiger charge is 2.24. The summed E-state index contributed by atoms with van der Waals surface area (Å²) in [6.07, 6.45) is 2.83. The van der Waals surface area contributed by atoms with Crippen molar-refractivity contribution in [3.63, 3.8) is 0 Å². The molecule has 0 amide bonds. The van der Waals surface area contributed by atoms with Crippen molar-refractivity contribution in [3.05, 3.63) is 54.1 Å². The van der Waals surface area contributed by atoms with Gasteiger partial charge in [0.2, 0.25) is 0 Å². The first kappa shape index (κ1) is 12.3. The van der Waals surface area contributed by atoms with Crippen LogP contribution in [0.2, 0.25) is 0 Å². The minimum Gasteiger partial charge on any atom is -0.490 e. The molecule has 1 saturated carbocycles. The van der Waals surface area contributed by atoms with Crippen LogP contribution in [-0.2, 0) is 0 Å². The van der Waals surface area contributed by atoms with Gasteiger partial charge in [0, 0.05) is 5.56 Å². The number of hydrogen-bond donors (Lipinski definition) is 0. The van der Waals surface area contributed by atoms with Crippen molar-refractivity contribution in [3.8, 4) is 16.9 Å². The molecule has 0 bridgehead atoms. The monoisotopic (exact) mass is 252 g/mol. The summed E-state index contributed by atoms with van der Waals surface area (Å²) in [5, 5.41) is 0. The smallest absolute Gasteiger partial charge is 0.127 e. The maximum atomic E-state index is 6.05. The van der Waals surface area contributed by atoms with E-state index in [4.69, 9.17) is 4.74 Å². The second-order valence-electron chi connectivity index (χ2n) is 5.59. The van der Waals surface area contributed by atoms with Gasteiger partial charge < -0.3 is 4.74 Å². The molecule has 1 nitrogen and oxygen atoms in total. The van der Waals surface area contributed by atoms with Crippen molar-refractivity contribution < 1.29 is 4.74 Å². The highest BCUT2D eigenvalue weighted by atomic mass is 16.5. The Morgan fingerprint density at radius 2 is 1.74 bits per heavy atom. The van der Waals surface area contributed by atoms with Crippen molar-refractivity contribution >= 4 is 0 Å². The van der Waals surface area contributed by atoms with E-state index >= 15 is 0 Å². The second-order valence-corrected chi connectivity index (χ2v) is 5.59. The van der Waals surface area contributed by atoms with E-state index in [0.29, 0.717) is 12.0 Å². The van der Waals surface area contributed by atoms with E-state index in [9.17, 15) is 0 Å². The van der Waals surface area contributed by atoms with Gasteiger partial charge in [0.25, 0.3) is 0 Å². The van der Waals surface area contributed by atoms with E-state index in [1.165, 1.54) is 29.5 Å². The van der Waals surface area contributed by atoms with Crippen LogP contribution in [-0.4, -0.2) is 6.10 Å². The maximum absolute atomic E-state index is 6.05. The van der Waals surface area contributed by atoms with Crippen LogP contribution in [0.25, 0.3) is 11.1 Å². The summed E-state index contributed by atoms with van der Waals surface area (Å²) in [7, 11) is 0. The molecule has 0 N–H and O–H groups in total. The molecule has 1 fully saturated rings. The summed E-state index contributed by atoms with van der Waals surface area (Å²) in [5.74, 6) is 1.57. The standard InChI is InChI=1S/C18H20O/c1-13(2)15-8-11-18(19-16-9-10-16)17(12-15)14-6-4-3-5-7-14/h3-8,11-13,16H,9-10H2,1-2H3. The largest absolute Gasteiger partial charge is 0.490 e. The Kier molecular flexibility index (Phi) is 3.29. The molecule has 0 radical (unpaired) electrons. The van der Waals surface area contributed by atoms with Gasteiger partial charge in [0.05, 0.1) is 6.10 Å². The fourth-order valence-corrected chi connectivity index (χ4v) is 2.22. The van der Waals surface area contributed by atoms with E-state index in [0.717, 1.165) is 5.75 Å².